The fourth-order valence-corrected chi connectivity index (χ4v) is 5.86. The van der Waals surface area contributed by atoms with Gasteiger partial charge in [0.25, 0.3) is 5.56 Å². The van der Waals surface area contributed by atoms with Crippen molar-refractivity contribution in [2.75, 3.05) is 36.9 Å². The summed E-state index contributed by atoms with van der Waals surface area (Å²) < 4.78 is 13.0. The molecule has 1 atom stereocenters. The van der Waals surface area contributed by atoms with Crippen molar-refractivity contribution < 1.29 is 9.15 Å². The quantitative estimate of drug-likeness (QED) is 0.223. The van der Waals surface area contributed by atoms with E-state index in [1.54, 1.807) is 16.8 Å². The Kier molecular flexibility index (Phi) is 8.27. The van der Waals surface area contributed by atoms with E-state index in [4.69, 9.17) is 14.1 Å². The molecule has 0 spiro atoms. The molecule has 7 rings (SSSR count). The summed E-state index contributed by atoms with van der Waals surface area (Å²) in [5.74, 6) is 7.62. The van der Waals surface area contributed by atoms with Gasteiger partial charge >= 0.3 is 0 Å². The number of ether oxygens (including phenoxy) is 1. The van der Waals surface area contributed by atoms with E-state index in [2.05, 4.69) is 37.8 Å². The zero-order valence-corrected chi connectivity index (χ0v) is 25.2. The number of aromatic nitrogens is 4. The molecule has 0 saturated carbocycles. The first-order valence-corrected chi connectivity index (χ1v) is 15.4. The van der Waals surface area contributed by atoms with Crippen molar-refractivity contribution in [1.82, 2.24) is 24.8 Å². The number of hydrogen-bond donors (Lipinski definition) is 3. The summed E-state index contributed by atoms with van der Waals surface area (Å²) in [6.45, 7) is 5.59. The molecule has 228 valence electrons. The van der Waals surface area contributed by atoms with Gasteiger partial charge in [-0.1, -0.05) is 29.5 Å². The highest BCUT2D eigenvalue weighted by molar-refractivity contribution is 5.78. The van der Waals surface area contributed by atoms with E-state index >= 15 is 0 Å². The molecule has 0 radical (unpaired) electrons. The molecule has 2 fully saturated rings. The molecule has 45 heavy (non-hydrogen) atoms. The van der Waals surface area contributed by atoms with Crippen LogP contribution in [0.2, 0.25) is 0 Å². The van der Waals surface area contributed by atoms with Crippen molar-refractivity contribution in [3.8, 4) is 11.8 Å². The van der Waals surface area contributed by atoms with E-state index in [9.17, 15) is 4.79 Å². The third kappa shape index (κ3) is 6.60. The number of anilines is 3. The van der Waals surface area contributed by atoms with E-state index in [0.717, 1.165) is 60.6 Å². The third-order valence-electron chi connectivity index (χ3n) is 8.36. The lowest BCUT2D eigenvalue weighted by Gasteiger charge is -2.21. The molecule has 0 bridgehead atoms. The molecule has 2 saturated heterocycles. The molecule has 0 aliphatic carbocycles. The lowest BCUT2D eigenvalue weighted by Crippen LogP contribution is -2.25. The van der Waals surface area contributed by atoms with E-state index in [-0.39, 0.29) is 18.0 Å². The first-order chi connectivity index (χ1) is 22.1. The highest BCUT2D eigenvalue weighted by atomic mass is 16.5. The van der Waals surface area contributed by atoms with Gasteiger partial charge in [-0.25, -0.2) is 9.97 Å². The van der Waals surface area contributed by atoms with Crippen molar-refractivity contribution in [3.63, 3.8) is 0 Å². The van der Waals surface area contributed by atoms with Crippen LogP contribution in [0.25, 0.3) is 11.0 Å². The van der Waals surface area contributed by atoms with E-state index in [0.29, 0.717) is 47.5 Å². The molecule has 5 aromatic rings. The summed E-state index contributed by atoms with van der Waals surface area (Å²) in [7, 11) is 0. The first kappa shape index (κ1) is 28.8. The van der Waals surface area contributed by atoms with Crippen LogP contribution in [0.5, 0.6) is 0 Å². The van der Waals surface area contributed by atoms with Crippen LogP contribution in [-0.2, 0) is 11.3 Å². The molecule has 1 unspecified atom stereocenters. The second kappa shape index (κ2) is 12.9. The van der Waals surface area contributed by atoms with Crippen LogP contribution in [0.15, 0.2) is 76.4 Å². The Bertz CT molecular complexity index is 1910. The van der Waals surface area contributed by atoms with Crippen LogP contribution in [-0.4, -0.2) is 51.9 Å². The van der Waals surface area contributed by atoms with Gasteiger partial charge in [0.05, 0.1) is 12.1 Å². The number of rotatable bonds is 7. The lowest BCUT2D eigenvalue weighted by atomic mass is 9.96. The molecule has 5 heterocycles. The Labute approximate surface area is 261 Å². The summed E-state index contributed by atoms with van der Waals surface area (Å²) in [5.41, 5.74) is 5.22. The zero-order valence-electron chi connectivity index (χ0n) is 25.2. The Morgan fingerprint density at radius 3 is 2.58 bits per heavy atom. The molecule has 2 aromatic carbocycles. The maximum absolute atomic E-state index is 14.0. The Morgan fingerprint density at radius 1 is 1.00 bits per heavy atom. The van der Waals surface area contributed by atoms with Crippen molar-refractivity contribution in [2.24, 2.45) is 0 Å². The Hall–Kier alpha value is -4.98. The number of aryl methyl sites for hydroxylation is 1. The van der Waals surface area contributed by atoms with Gasteiger partial charge in [-0.3, -0.25) is 9.36 Å². The normalized spacial score (nSPS) is 16.8. The van der Waals surface area contributed by atoms with Crippen LogP contribution in [0, 0.1) is 18.8 Å². The maximum Gasteiger partial charge on any atom is 0.268 e. The number of nitrogens with zero attached hydrogens (tertiary/aromatic N) is 4. The third-order valence-corrected chi connectivity index (χ3v) is 8.36. The minimum atomic E-state index is -0.246. The second-order valence-corrected chi connectivity index (χ2v) is 11.6. The van der Waals surface area contributed by atoms with Crippen molar-refractivity contribution >= 4 is 28.4 Å². The number of hydrogen-bond acceptors (Lipinski definition) is 9. The van der Waals surface area contributed by atoms with Gasteiger partial charge in [-0.2, -0.15) is 4.98 Å². The molecule has 3 aromatic heterocycles. The number of oxazole rings is 1. The fourth-order valence-electron chi connectivity index (χ4n) is 5.86. The SMILES string of the molecule is Cc1ccc(C#Cc2cc3cnc(Nc4ccc(NC5CCNC5)cc4)nc3n(Cc3ncoc3C3CCOCC3)c2=O)cc1. The highest BCUT2D eigenvalue weighted by Gasteiger charge is 2.24. The number of benzene rings is 2. The smallest absolute Gasteiger partial charge is 0.268 e. The van der Waals surface area contributed by atoms with E-state index in [1.165, 1.54) is 6.39 Å². The standard InChI is InChI=1S/C35H35N7O3/c1-23-2-4-24(5-3-23)6-7-26-18-27-19-37-35(40-29-10-8-28(9-11-29)39-30-12-15-36-20-30)41-33(27)42(34(26)43)21-31-32(45-22-38-31)25-13-16-44-17-14-25/h2-5,8-11,18-19,22,25,30,36,39H,12-17,20-21H2,1H3,(H,37,40,41). The summed E-state index contributed by atoms with van der Waals surface area (Å²) in [4.78, 5) is 27.9. The minimum absolute atomic E-state index is 0.192. The number of pyridine rings is 1. The fraction of sp³-hybridized carbons (Fsp3) is 0.314. The van der Waals surface area contributed by atoms with Crippen molar-refractivity contribution in [1.29, 1.82) is 0 Å². The molecule has 2 aliphatic rings. The van der Waals surface area contributed by atoms with Crippen LogP contribution >= 0.6 is 0 Å². The predicted molar refractivity (Wildman–Crippen MR) is 174 cm³/mol. The average molecular weight is 602 g/mol. The van der Waals surface area contributed by atoms with E-state index in [1.807, 2.05) is 55.5 Å². The van der Waals surface area contributed by atoms with Gasteiger partial charge in [-0.05, 0) is 75.2 Å². The lowest BCUT2D eigenvalue weighted by molar-refractivity contribution is 0.0804. The van der Waals surface area contributed by atoms with Gasteiger partial charge < -0.3 is 25.1 Å². The molecule has 2 aliphatic heterocycles. The summed E-state index contributed by atoms with van der Waals surface area (Å²) in [6.07, 6.45) is 5.99. The van der Waals surface area contributed by atoms with Gasteiger partial charge in [0.2, 0.25) is 5.95 Å². The van der Waals surface area contributed by atoms with E-state index < -0.39 is 0 Å². The molecular formula is C35H35N7O3. The van der Waals surface area contributed by atoms with Gasteiger partial charge in [0.1, 0.15) is 17.1 Å². The molecule has 10 heteroatoms. The van der Waals surface area contributed by atoms with Crippen molar-refractivity contribution in [3.05, 3.63) is 106 Å². The van der Waals surface area contributed by atoms with Crippen molar-refractivity contribution in [2.45, 2.75) is 44.7 Å². The predicted octanol–water partition coefficient (Wildman–Crippen LogP) is 4.95. The Morgan fingerprint density at radius 2 is 1.80 bits per heavy atom. The summed E-state index contributed by atoms with van der Waals surface area (Å²) >= 11 is 0. The monoisotopic (exact) mass is 601 g/mol. The van der Waals surface area contributed by atoms with Gasteiger partial charge in [0.15, 0.2) is 6.39 Å². The first-order valence-electron chi connectivity index (χ1n) is 15.4. The zero-order chi connectivity index (χ0) is 30.6. The van der Waals surface area contributed by atoms with Crippen LogP contribution in [0.1, 0.15) is 53.3 Å². The van der Waals surface area contributed by atoms with Crippen LogP contribution < -0.4 is 21.5 Å². The number of nitrogens with one attached hydrogen (secondary N) is 3. The number of fused-ring (bicyclic) bond motifs is 1. The Balaban J connectivity index is 1.23. The van der Waals surface area contributed by atoms with Crippen LogP contribution in [0.3, 0.4) is 0 Å². The largest absolute Gasteiger partial charge is 0.448 e. The minimum Gasteiger partial charge on any atom is -0.448 e. The molecule has 0 amide bonds. The topological polar surface area (TPSA) is 119 Å². The summed E-state index contributed by atoms with van der Waals surface area (Å²) in [5, 5.41) is 10.9. The summed E-state index contributed by atoms with van der Waals surface area (Å²) in [6, 6.07) is 18.2. The van der Waals surface area contributed by atoms with Gasteiger partial charge in [-0.15, -0.1) is 0 Å². The van der Waals surface area contributed by atoms with Gasteiger partial charge in [0, 0.05) is 60.2 Å². The molecular weight excluding hydrogens is 566 g/mol. The maximum atomic E-state index is 14.0. The second-order valence-electron chi connectivity index (χ2n) is 11.6. The molecule has 10 nitrogen and oxygen atoms in total. The molecule has 3 N–H and O–H groups in total. The highest BCUT2D eigenvalue weighted by Crippen LogP contribution is 2.30. The van der Waals surface area contributed by atoms with Crippen LogP contribution in [0.4, 0.5) is 17.3 Å². The average Bonchev–Trinajstić information content (AvgIpc) is 3.76.